The molecule has 2 N–H and O–H groups in total. The second-order valence-corrected chi connectivity index (χ2v) is 9.62. The Morgan fingerprint density at radius 3 is 2.45 bits per heavy atom. The van der Waals surface area contributed by atoms with Crippen LogP contribution >= 0.6 is 0 Å². The van der Waals surface area contributed by atoms with E-state index in [-0.39, 0.29) is 11.3 Å². The summed E-state index contributed by atoms with van der Waals surface area (Å²) in [7, 11) is 0. The van der Waals surface area contributed by atoms with Gasteiger partial charge in [-0.05, 0) is 75.0 Å². The van der Waals surface area contributed by atoms with Crippen molar-refractivity contribution in [2.75, 3.05) is 0 Å². The summed E-state index contributed by atoms with van der Waals surface area (Å²) < 4.78 is 0. The Hall–Kier alpha value is -0.340. The molecule has 0 spiro atoms. The molecule has 2 aliphatic rings. The summed E-state index contributed by atoms with van der Waals surface area (Å²) in [6, 6.07) is 0. The Kier molecular flexibility index (Phi) is 4.61. The molecule has 2 saturated carbocycles. The number of hydrogen-bond acceptors (Lipinski definition) is 2. The van der Waals surface area contributed by atoms with E-state index in [2.05, 4.69) is 27.4 Å². The van der Waals surface area contributed by atoms with Crippen LogP contribution in [0.2, 0.25) is 0 Å². The van der Waals surface area contributed by atoms with Gasteiger partial charge in [-0.1, -0.05) is 33.3 Å². The first kappa shape index (κ1) is 18.0. The Morgan fingerprint density at radius 1 is 1.23 bits per heavy atom. The van der Waals surface area contributed by atoms with Crippen molar-refractivity contribution in [2.45, 2.75) is 90.8 Å². The largest absolute Gasteiger partial charge is 0.390 e. The molecule has 0 saturated heterocycles. The molecule has 0 radical (unpaired) electrons. The quantitative estimate of drug-likeness (QED) is 0.739. The highest BCUT2D eigenvalue weighted by atomic mass is 16.3. The van der Waals surface area contributed by atoms with Gasteiger partial charge in [-0.2, -0.15) is 0 Å². The highest BCUT2D eigenvalue weighted by molar-refractivity contribution is 5.06. The summed E-state index contributed by atoms with van der Waals surface area (Å²) in [6.45, 7) is 14.8. The monoisotopic (exact) mass is 308 g/mol. The van der Waals surface area contributed by atoms with Crippen molar-refractivity contribution in [2.24, 2.45) is 22.7 Å². The van der Waals surface area contributed by atoms with E-state index in [1.807, 2.05) is 13.8 Å². The zero-order valence-corrected chi connectivity index (χ0v) is 15.3. The minimum atomic E-state index is -0.821. The second-order valence-electron chi connectivity index (χ2n) is 9.62. The minimum Gasteiger partial charge on any atom is -0.390 e. The van der Waals surface area contributed by atoms with Crippen LogP contribution in [0, 0.1) is 22.7 Å². The van der Waals surface area contributed by atoms with E-state index in [4.69, 9.17) is 0 Å². The predicted molar refractivity (Wildman–Crippen MR) is 92.6 cm³/mol. The fourth-order valence-corrected chi connectivity index (χ4v) is 5.55. The zero-order chi connectivity index (χ0) is 16.8. The standard InChI is InChI=1S/C20H36O2/c1-7-19(5,21)12-9-15-13-16-17(2,3)10-8-11-18(16,4)14-20(15,6)22/h7,15-16,21-22H,1,8-14H2,2-6H3. The van der Waals surface area contributed by atoms with Crippen molar-refractivity contribution >= 4 is 0 Å². The van der Waals surface area contributed by atoms with Crippen LogP contribution in [0.4, 0.5) is 0 Å². The summed E-state index contributed by atoms with van der Waals surface area (Å²) in [4.78, 5) is 0. The first-order chi connectivity index (χ1) is 9.92. The van der Waals surface area contributed by atoms with Crippen LogP contribution in [0.5, 0.6) is 0 Å². The first-order valence-electron chi connectivity index (χ1n) is 9.00. The van der Waals surface area contributed by atoms with Gasteiger partial charge in [0.2, 0.25) is 0 Å². The van der Waals surface area contributed by atoms with Gasteiger partial charge in [-0.3, -0.25) is 0 Å². The average molecular weight is 309 g/mol. The fraction of sp³-hybridized carbons (Fsp3) is 0.900. The third kappa shape index (κ3) is 3.43. The van der Waals surface area contributed by atoms with E-state index in [1.54, 1.807) is 6.08 Å². The van der Waals surface area contributed by atoms with Gasteiger partial charge in [0.25, 0.3) is 0 Å². The maximum absolute atomic E-state index is 11.1. The number of rotatable bonds is 4. The molecule has 2 nitrogen and oxygen atoms in total. The molecule has 0 aliphatic heterocycles. The predicted octanol–water partition coefficient (Wildman–Crippen LogP) is 4.70. The minimum absolute atomic E-state index is 0.267. The smallest absolute Gasteiger partial charge is 0.0797 e. The molecule has 0 amide bonds. The van der Waals surface area contributed by atoms with E-state index in [1.165, 1.54) is 19.3 Å². The van der Waals surface area contributed by atoms with Crippen molar-refractivity contribution in [1.29, 1.82) is 0 Å². The Balaban J connectivity index is 2.17. The van der Waals surface area contributed by atoms with Gasteiger partial charge >= 0.3 is 0 Å². The van der Waals surface area contributed by atoms with Crippen molar-refractivity contribution in [3.63, 3.8) is 0 Å². The van der Waals surface area contributed by atoms with Crippen LogP contribution in [0.1, 0.15) is 79.6 Å². The maximum atomic E-state index is 11.1. The van der Waals surface area contributed by atoms with Crippen LogP contribution in [-0.4, -0.2) is 21.4 Å². The molecule has 128 valence electrons. The lowest BCUT2D eigenvalue weighted by molar-refractivity contribution is -0.151. The molecule has 0 aromatic carbocycles. The highest BCUT2D eigenvalue weighted by Gasteiger charge is 2.55. The summed E-state index contributed by atoms with van der Waals surface area (Å²) in [5, 5.41) is 21.3. The summed E-state index contributed by atoms with van der Waals surface area (Å²) in [5.41, 5.74) is -0.805. The van der Waals surface area contributed by atoms with Crippen molar-refractivity contribution in [3.05, 3.63) is 12.7 Å². The van der Waals surface area contributed by atoms with Gasteiger partial charge in [0.1, 0.15) is 0 Å². The van der Waals surface area contributed by atoms with Gasteiger partial charge in [0.05, 0.1) is 11.2 Å². The highest BCUT2D eigenvalue weighted by Crippen LogP contribution is 2.61. The summed E-state index contributed by atoms with van der Waals surface area (Å²) in [6.07, 6.45) is 8.99. The van der Waals surface area contributed by atoms with Crippen molar-refractivity contribution < 1.29 is 10.2 Å². The topological polar surface area (TPSA) is 40.5 Å². The maximum Gasteiger partial charge on any atom is 0.0797 e. The van der Waals surface area contributed by atoms with Gasteiger partial charge in [0.15, 0.2) is 0 Å². The third-order valence-corrected chi connectivity index (χ3v) is 6.95. The Morgan fingerprint density at radius 2 is 1.86 bits per heavy atom. The van der Waals surface area contributed by atoms with Gasteiger partial charge < -0.3 is 10.2 Å². The number of hydrogen-bond donors (Lipinski definition) is 2. The number of fused-ring (bicyclic) bond motifs is 1. The van der Waals surface area contributed by atoms with Gasteiger partial charge in [0, 0.05) is 0 Å². The second kappa shape index (κ2) is 5.63. The van der Waals surface area contributed by atoms with E-state index in [9.17, 15) is 10.2 Å². The molecular formula is C20H36O2. The van der Waals surface area contributed by atoms with Crippen LogP contribution < -0.4 is 0 Å². The molecule has 0 bridgehead atoms. The lowest BCUT2D eigenvalue weighted by atomic mass is 9.47. The van der Waals surface area contributed by atoms with Crippen LogP contribution in [0.25, 0.3) is 0 Å². The molecule has 0 aromatic heterocycles. The fourth-order valence-electron chi connectivity index (χ4n) is 5.55. The lowest BCUT2D eigenvalue weighted by Crippen LogP contribution is -2.55. The van der Waals surface area contributed by atoms with Crippen LogP contribution in [0.3, 0.4) is 0 Å². The lowest BCUT2D eigenvalue weighted by Gasteiger charge is -2.59. The van der Waals surface area contributed by atoms with Crippen molar-refractivity contribution in [1.82, 2.24) is 0 Å². The molecule has 2 rings (SSSR count). The van der Waals surface area contributed by atoms with Crippen LogP contribution in [0.15, 0.2) is 12.7 Å². The number of aliphatic hydroxyl groups is 2. The summed E-state index contributed by atoms with van der Waals surface area (Å²) in [5.74, 6) is 0.946. The molecule has 2 aliphatic carbocycles. The van der Waals surface area contributed by atoms with Crippen LogP contribution in [-0.2, 0) is 0 Å². The molecule has 5 unspecified atom stereocenters. The average Bonchev–Trinajstić information content (AvgIpc) is 2.34. The normalized spacial score (nSPS) is 44.0. The molecule has 5 atom stereocenters. The van der Waals surface area contributed by atoms with E-state index < -0.39 is 11.2 Å². The Bertz CT molecular complexity index is 421. The van der Waals surface area contributed by atoms with E-state index >= 15 is 0 Å². The Labute approximate surface area is 137 Å². The zero-order valence-electron chi connectivity index (χ0n) is 15.3. The molecule has 0 aromatic rings. The van der Waals surface area contributed by atoms with E-state index in [0.29, 0.717) is 17.8 Å². The molecule has 0 heterocycles. The molecule has 2 heteroatoms. The first-order valence-corrected chi connectivity index (χ1v) is 9.00. The molecular weight excluding hydrogens is 272 g/mol. The molecule has 22 heavy (non-hydrogen) atoms. The SMILES string of the molecule is C=CC(C)(O)CCC1CC2C(C)(C)CCCC2(C)CC1(C)O. The van der Waals surface area contributed by atoms with Gasteiger partial charge in [-0.25, -0.2) is 0 Å². The summed E-state index contributed by atoms with van der Waals surface area (Å²) >= 11 is 0. The van der Waals surface area contributed by atoms with Gasteiger partial charge in [-0.15, -0.1) is 6.58 Å². The molecule has 2 fully saturated rings. The third-order valence-electron chi connectivity index (χ3n) is 6.95. The van der Waals surface area contributed by atoms with Crippen molar-refractivity contribution in [3.8, 4) is 0 Å². The van der Waals surface area contributed by atoms with E-state index in [0.717, 1.165) is 19.3 Å².